The number of unbranched alkanes of at least 4 members (excludes halogenated alkanes) is 1. The Morgan fingerprint density at radius 3 is 2.68 bits per heavy atom. The lowest BCUT2D eigenvalue weighted by Crippen LogP contribution is -2.22. The monoisotopic (exact) mass is 278 g/mol. The molecule has 2 atom stereocenters. The fourth-order valence-corrected chi connectivity index (χ4v) is 2.92. The molecule has 1 aliphatic rings. The lowest BCUT2D eigenvalue weighted by molar-refractivity contribution is 0.215. The van der Waals surface area contributed by atoms with Gasteiger partial charge in [0.05, 0.1) is 6.07 Å². The number of benzene rings is 1. The van der Waals surface area contributed by atoms with E-state index in [2.05, 4.69) is 23.1 Å². The zero-order valence-corrected chi connectivity index (χ0v) is 11.7. The van der Waals surface area contributed by atoms with Gasteiger partial charge >= 0.3 is 0 Å². The SMILES string of the molecule is N#CCCCN1C[C@@H](CO)[C@H](c2ccc(Cl)cc2)C1. The van der Waals surface area contributed by atoms with E-state index >= 15 is 0 Å². The predicted octanol–water partition coefficient (Wildman–Crippen LogP) is 2.65. The quantitative estimate of drug-likeness (QED) is 0.843. The molecule has 19 heavy (non-hydrogen) atoms. The first kappa shape index (κ1) is 14.3. The Labute approximate surface area is 119 Å². The Bertz CT molecular complexity index is 440. The minimum atomic E-state index is 0.210. The van der Waals surface area contributed by atoms with Gasteiger partial charge in [-0.15, -0.1) is 0 Å². The second kappa shape index (κ2) is 6.91. The van der Waals surface area contributed by atoms with Gasteiger partial charge in [0.25, 0.3) is 0 Å². The van der Waals surface area contributed by atoms with E-state index in [0.29, 0.717) is 12.3 Å². The van der Waals surface area contributed by atoms with Crippen LogP contribution in [0, 0.1) is 17.2 Å². The van der Waals surface area contributed by atoms with Gasteiger partial charge in [-0.1, -0.05) is 23.7 Å². The molecule has 0 aliphatic carbocycles. The van der Waals surface area contributed by atoms with Crippen molar-refractivity contribution in [1.29, 1.82) is 5.26 Å². The normalized spacial score (nSPS) is 23.4. The zero-order valence-electron chi connectivity index (χ0n) is 10.9. The average molecular weight is 279 g/mol. The molecule has 0 aromatic heterocycles. The Morgan fingerprint density at radius 2 is 2.05 bits per heavy atom. The molecule has 1 saturated heterocycles. The van der Waals surface area contributed by atoms with Crippen LogP contribution in [0.3, 0.4) is 0 Å². The lowest BCUT2D eigenvalue weighted by atomic mass is 9.90. The topological polar surface area (TPSA) is 47.3 Å². The minimum absolute atomic E-state index is 0.210. The number of aliphatic hydroxyl groups is 1. The largest absolute Gasteiger partial charge is 0.396 e. The summed E-state index contributed by atoms with van der Waals surface area (Å²) in [4.78, 5) is 2.34. The Kier molecular flexibility index (Phi) is 5.21. The van der Waals surface area contributed by atoms with Gasteiger partial charge in [0, 0.05) is 43.0 Å². The molecule has 1 fully saturated rings. The zero-order chi connectivity index (χ0) is 13.7. The summed E-state index contributed by atoms with van der Waals surface area (Å²) in [6, 6.07) is 10.1. The number of likely N-dealkylation sites (tertiary alicyclic amines) is 1. The number of rotatable bonds is 5. The maximum absolute atomic E-state index is 9.54. The van der Waals surface area contributed by atoms with Crippen molar-refractivity contribution in [2.24, 2.45) is 5.92 Å². The molecule has 0 bridgehead atoms. The van der Waals surface area contributed by atoms with Gasteiger partial charge in [-0.2, -0.15) is 5.26 Å². The van der Waals surface area contributed by atoms with Gasteiger partial charge in [-0.25, -0.2) is 0 Å². The second-order valence-corrected chi connectivity index (χ2v) is 5.56. The van der Waals surface area contributed by atoms with Gasteiger partial charge in [0.2, 0.25) is 0 Å². The third-order valence-electron chi connectivity index (χ3n) is 3.81. The molecule has 102 valence electrons. The van der Waals surface area contributed by atoms with E-state index in [-0.39, 0.29) is 12.5 Å². The molecule has 2 rings (SSSR count). The van der Waals surface area contributed by atoms with Crippen molar-refractivity contribution in [2.45, 2.75) is 18.8 Å². The van der Waals surface area contributed by atoms with Crippen molar-refractivity contribution >= 4 is 11.6 Å². The Morgan fingerprint density at radius 1 is 1.32 bits per heavy atom. The molecular formula is C15H19ClN2O. The molecule has 1 N–H and O–H groups in total. The van der Waals surface area contributed by atoms with E-state index in [1.54, 1.807) is 0 Å². The molecule has 0 amide bonds. The van der Waals surface area contributed by atoms with Gasteiger partial charge < -0.3 is 10.0 Å². The molecule has 0 saturated carbocycles. The second-order valence-electron chi connectivity index (χ2n) is 5.12. The molecule has 1 aromatic rings. The highest BCUT2D eigenvalue weighted by Crippen LogP contribution is 2.33. The van der Waals surface area contributed by atoms with Crippen molar-refractivity contribution < 1.29 is 5.11 Å². The smallest absolute Gasteiger partial charge is 0.0622 e. The van der Waals surface area contributed by atoms with E-state index < -0.39 is 0 Å². The molecule has 0 radical (unpaired) electrons. The van der Waals surface area contributed by atoms with Crippen LogP contribution >= 0.6 is 11.6 Å². The predicted molar refractivity (Wildman–Crippen MR) is 76.1 cm³/mol. The lowest BCUT2D eigenvalue weighted by Gasteiger charge is -2.16. The van der Waals surface area contributed by atoms with Crippen LogP contribution in [0.25, 0.3) is 0 Å². The summed E-state index contributed by atoms with van der Waals surface area (Å²) in [6.45, 7) is 3.02. The van der Waals surface area contributed by atoms with Crippen molar-refractivity contribution in [1.82, 2.24) is 4.90 Å². The van der Waals surface area contributed by atoms with Crippen molar-refractivity contribution in [3.8, 4) is 6.07 Å². The number of halogens is 1. The summed E-state index contributed by atoms with van der Waals surface area (Å²) in [5, 5.41) is 18.9. The summed E-state index contributed by atoms with van der Waals surface area (Å²) in [7, 11) is 0. The van der Waals surface area contributed by atoms with Crippen LogP contribution in [-0.2, 0) is 0 Å². The molecule has 0 unspecified atom stereocenters. The number of hydrogen-bond acceptors (Lipinski definition) is 3. The maximum atomic E-state index is 9.54. The van der Waals surface area contributed by atoms with E-state index in [1.165, 1.54) is 5.56 Å². The number of nitrogens with zero attached hydrogens (tertiary/aromatic N) is 2. The van der Waals surface area contributed by atoms with E-state index in [4.69, 9.17) is 16.9 Å². The van der Waals surface area contributed by atoms with Crippen molar-refractivity contribution in [3.63, 3.8) is 0 Å². The van der Waals surface area contributed by atoms with Crippen LogP contribution in [-0.4, -0.2) is 36.2 Å². The van der Waals surface area contributed by atoms with Crippen molar-refractivity contribution in [2.75, 3.05) is 26.2 Å². The molecule has 1 heterocycles. The highest BCUT2D eigenvalue weighted by atomic mass is 35.5. The molecule has 0 spiro atoms. The van der Waals surface area contributed by atoms with Crippen LogP contribution < -0.4 is 0 Å². The third kappa shape index (κ3) is 3.70. The fraction of sp³-hybridized carbons (Fsp3) is 0.533. The molecule has 3 nitrogen and oxygen atoms in total. The first-order valence-corrected chi connectivity index (χ1v) is 7.08. The van der Waals surface area contributed by atoms with Gasteiger partial charge in [-0.3, -0.25) is 0 Å². The summed E-state index contributed by atoms with van der Waals surface area (Å²) < 4.78 is 0. The Hall–Kier alpha value is -1.08. The average Bonchev–Trinajstić information content (AvgIpc) is 2.83. The minimum Gasteiger partial charge on any atom is -0.396 e. The van der Waals surface area contributed by atoms with Crippen LogP contribution in [0.1, 0.15) is 24.3 Å². The molecule has 1 aliphatic heterocycles. The highest BCUT2D eigenvalue weighted by molar-refractivity contribution is 6.30. The van der Waals surface area contributed by atoms with Gasteiger partial charge in [0.1, 0.15) is 0 Å². The van der Waals surface area contributed by atoms with E-state index in [0.717, 1.165) is 31.1 Å². The van der Waals surface area contributed by atoms with Crippen LogP contribution in [0.15, 0.2) is 24.3 Å². The van der Waals surface area contributed by atoms with Crippen LogP contribution in [0.4, 0.5) is 0 Å². The maximum Gasteiger partial charge on any atom is 0.0622 e. The summed E-state index contributed by atoms with van der Waals surface area (Å²) in [5.74, 6) is 0.646. The molecule has 1 aromatic carbocycles. The molecular weight excluding hydrogens is 260 g/mol. The van der Waals surface area contributed by atoms with E-state index in [9.17, 15) is 5.11 Å². The van der Waals surface area contributed by atoms with Gasteiger partial charge in [-0.05, 0) is 30.7 Å². The number of aliphatic hydroxyl groups excluding tert-OH is 1. The summed E-state index contributed by atoms with van der Waals surface area (Å²) >= 11 is 5.91. The Balaban J connectivity index is 2.00. The van der Waals surface area contributed by atoms with Crippen molar-refractivity contribution in [3.05, 3.63) is 34.9 Å². The van der Waals surface area contributed by atoms with Crippen LogP contribution in [0.5, 0.6) is 0 Å². The summed E-state index contributed by atoms with van der Waals surface area (Å²) in [6.07, 6.45) is 1.51. The highest BCUT2D eigenvalue weighted by Gasteiger charge is 2.32. The van der Waals surface area contributed by atoms with Crippen LogP contribution in [0.2, 0.25) is 5.02 Å². The number of nitriles is 1. The standard InChI is InChI=1S/C15H19ClN2O/c16-14-5-3-12(4-6-14)15-10-18(8-2-1-7-17)9-13(15)11-19/h3-6,13,15,19H,1-2,8-11H2/t13-,15-/m0/s1. The first-order chi connectivity index (χ1) is 9.24. The fourth-order valence-electron chi connectivity index (χ4n) is 2.80. The van der Waals surface area contributed by atoms with E-state index in [1.807, 2.05) is 12.1 Å². The van der Waals surface area contributed by atoms with Gasteiger partial charge in [0.15, 0.2) is 0 Å². The summed E-state index contributed by atoms with van der Waals surface area (Å²) in [5.41, 5.74) is 1.24. The first-order valence-electron chi connectivity index (χ1n) is 6.70. The third-order valence-corrected chi connectivity index (χ3v) is 4.06. The number of hydrogen-bond donors (Lipinski definition) is 1. The molecule has 4 heteroatoms.